The molecule has 0 aliphatic rings. The molecule has 5 nitrogen and oxygen atoms in total. The predicted molar refractivity (Wildman–Crippen MR) is 104 cm³/mol. The predicted octanol–water partition coefficient (Wildman–Crippen LogP) is 3.01. The molecular weight excluding hydrogens is 336 g/mol. The van der Waals surface area contributed by atoms with Crippen LogP contribution in [0.25, 0.3) is 0 Å². The third kappa shape index (κ3) is 5.31. The first kappa shape index (κ1) is 21.2. The van der Waals surface area contributed by atoms with Crippen LogP contribution in [0.3, 0.4) is 0 Å². The van der Waals surface area contributed by atoms with Crippen molar-refractivity contribution < 1.29 is 4.79 Å². The van der Waals surface area contributed by atoms with Crippen molar-refractivity contribution in [1.29, 1.82) is 0 Å². The van der Waals surface area contributed by atoms with Crippen molar-refractivity contribution >= 4 is 18.3 Å². The Morgan fingerprint density at radius 1 is 1.20 bits per heavy atom. The van der Waals surface area contributed by atoms with Gasteiger partial charge in [0, 0.05) is 25.3 Å². The Morgan fingerprint density at radius 3 is 2.36 bits per heavy atom. The number of hydrogen-bond acceptors (Lipinski definition) is 3. The minimum atomic E-state index is -0.147. The number of nitrogens with zero attached hydrogens (tertiary/aromatic N) is 3. The lowest BCUT2D eigenvalue weighted by Crippen LogP contribution is -2.37. The van der Waals surface area contributed by atoms with Crippen molar-refractivity contribution in [2.45, 2.75) is 39.7 Å². The molecule has 6 heteroatoms. The number of aromatic nitrogens is 2. The van der Waals surface area contributed by atoms with E-state index in [1.165, 1.54) is 5.56 Å². The van der Waals surface area contributed by atoms with Crippen molar-refractivity contribution in [3.05, 3.63) is 53.3 Å². The molecule has 0 aliphatic carbocycles. The van der Waals surface area contributed by atoms with Crippen molar-refractivity contribution in [3.8, 4) is 0 Å². The van der Waals surface area contributed by atoms with E-state index < -0.39 is 0 Å². The molecule has 1 aromatic carbocycles. The zero-order valence-electron chi connectivity index (χ0n) is 15.5. The molecule has 0 radical (unpaired) electrons. The summed E-state index contributed by atoms with van der Waals surface area (Å²) in [5.74, 6) is 0.00406. The highest BCUT2D eigenvalue weighted by Crippen LogP contribution is 2.19. The highest BCUT2D eigenvalue weighted by Gasteiger charge is 2.24. The lowest BCUT2D eigenvalue weighted by Gasteiger charge is -2.24. The number of amides is 1. The summed E-state index contributed by atoms with van der Waals surface area (Å²) in [6.45, 7) is 9.83. The van der Waals surface area contributed by atoms with Gasteiger partial charge in [-0.15, -0.1) is 12.4 Å². The summed E-state index contributed by atoms with van der Waals surface area (Å²) < 4.78 is 1.90. The monoisotopic (exact) mass is 364 g/mol. The van der Waals surface area contributed by atoms with Crippen LogP contribution in [-0.2, 0) is 12.0 Å². The summed E-state index contributed by atoms with van der Waals surface area (Å²) in [6.07, 6.45) is 2.49. The average Bonchev–Trinajstić information content (AvgIpc) is 2.93. The third-order valence-electron chi connectivity index (χ3n) is 4.08. The number of carbonyl (C=O) groups excluding carboxylic acids is 1. The lowest BCUT2D eigenvalue weighted by atomic mass is 10.1. The quantitative estimate of drug-likeness (QED) is 0.856. The summed E-state index contributed by atoms with van der Waals surface area (Å²) in [4.78, 5) is 14.8. The Kier molecular flexibility index (Phi) is 7.64. The van der Waals surface area contributed by atoms with E-state index in [2.05, 4.69) is 38.0 Å². The summed E-state index contributed by atoms with van der Waals surface area (Å²) in [7, 11) is 0. The zero-order valence-corrected chi connectivity index (χ0v) is 16.3. The molecule has 2 N–H and O–H groups in total. The molecule has 0 aliphatic heterocycles. The molecule has 2 rings (SSSR count). The molecule has 0 unspecified atom stereocenters. The molecule has 0 fully saturated rings. The number of rotatable bonds is 6. The van der Waals surface area contributed by atoms with Crippen LogP contribution in [-0.4, -0.2) is 40.2 Å². The van der Waals surface area contributed by atoms with Crippen LogP contribution < -0.4 is 5.73 Å². The van der Waals surface area contributed by atoms with Crippen LogP contribution in [0.4, 0.5) is 0 Å². The van der Waals surface area contributed by atoms with Gasteiger partial charge in [-0.05, 0) is 39.7 Å². The van der Waals surface area contributed by atoms with E-state index in [0.717, 1.165) is 12.1 Å². The molecule has 1 aromatic heterocycles. The van der Waals surface area contributed by atoms with Crippen molar-refractivity contribution in [2.24, 2.45) is 5.73 Å². The van der Waals surface area contributed by atoms with Crippen molar-refractivity contribution in [1.82, 2.24) is 14.7 Å². The zero-order chi connectivity index (χ0) is 17.7. The van der Waals surface area contributed by atoms with Crippen LogP contribution in [0.5, 0.6) is 0 Å². The lowest BCUT2D eigenvalue weighted by molar-refractivity contribution is 0.0761. The number of carbonyl (C=O) groups is 1. The van der Waals surface area contributed by atoms with Crippen LogP contribution in [0, 0.1) is 6.92 Å². The molecule has 2 aromatic rings. The summed E-state index contributed by atoms with van der Waals surface area (Å²) >= 11 is 0. The standard InChI is InChI=1S/C19H28N4O.ClH/c1-15-17(14-21-23(15)19(2,3)4)18(24)22(13-11-20)12-10-16-8-6-5-7-9-16;/h5-9,14H,10-13,20H2,1-4H3;1H. The maximum atomic E-state index is 12.9. The number of hydrogen-bond donors (Lipinski definition) is 1. The van der Waals surface area contributed by atoms with Gasteiger partial charge in [-0.25, -0.2) is 0 Å². The van der Waals surface area contributed by atoms with E-state index in [-0.39, 0.29) is 23.9 Å². The van der Waals surface area contributed by atoms with Gasteiger partial charge in [-0.2, -0.15) is 5.10 Å². The second-order valence-electron chi connectivity index (χ2n) is 7.04. The van der Waals surface area contributed by atoms with Crippen LogP contribution in [0.2, 0.25) is 0 Å². The van der Waals surface area contributed by atoms with Gasteiger partial charge in [0.05, 0.1) is 17.3 Å². The maximum Gasteiger partial charge on any atom is 0.257 e. The summed E-state index contributed by atoms with van der Waals surface area (Å²) in [5.41, 5.74) is 8.34. The number of benzene rings is 1. The minimum Gasteiger partial charge on any atom is -0.337 e. The molecule has 0 atom stereocenters. The van der Waals surface area contributed by atoms with Gasteiger partial charge in [0.25, 0.3) is 5.91 Å². The number of nitrogens with two attached hydrogens (primary N) is 1. The molecule has 1 amide bonds. The fourth-order valence-corrected chi connectivity index (χ4v) is 2.85. The highest BCUT2D eigenvalue weighted by molar-refractivity contribution is 5.95. The molecule has 1 heterocycles. The second kappa shape index (κ2) is 9.02. The fourth-order valence-electron chi connectivity index (χ4n) is 2.85. The van der Waals surface area contributed by atoms with Crippen LogP contribution in [0.15, 0.2) is 36.5 Å². The smallest absolute Gasteiger partial charge is 0.257 e. The third-order valence-corrected chi connectivity index (χ3v) is 4.08. The number of halogens is 1. The van der Waals surface area contributed by atoms with Gasteiger partial charge in [0.15, 0.2) is 0 Å². The van der Waals surface area contributed by atoms with E-state index in [9.17, 15) is 4.79 Å². The van der Waals surface area contributed by atoms with Crippen molar-refractivity contribution in [2.75, 3.05) is 19.6 Å². The highest BCUT2D eigenvalue weighted by atomic mass is 35.5. The Bertz CT molecular complexity index is 676. The van der Waals surface area contributed by atoms with Crippen LogP contribution >= 0.6 is 12.4 Å². The Balaban J connectivity index is 0.00000312. The molecule has 138 valence electrons. The van der Waals surface area contributed by atoms with Crippen LogP contribution in [0.1, 0.15) is 42.4 Å². The van der Waals surface area contributed by atoms with E-state index in [4.69, 9.17) is 5.73 Å². The van der Waals surface area contributed by atoms with Gasteiger partial charge in [-0.1, -0.05) is 30.3 Å². The van der Waals surface area contributed by atoms with Gasteiger partial charge in [0.2, 0.25) is 0 Å². The first-order chi connectivity index (χ1) is 11.3. The fraction of sp³-hybridized carbons (Fsp3) is 0.474. The Hall–Kier alpha value is -1.85. The van der Waals surface area contributed by atoms with E-state index in [1.54, 1.807) is 6.20 Å². The SMILES string of the molecule is Cc1c(C(=O)N(CCN)CCc2ccccc2)cnn1C(C)(C)C.Cl. The molecular formula is C19H29ClN4O. The molecule has 0 spiro atoms. The maximum absolute atomic E-state index is 12.9. The molecule has 0 bridgehead atoms. The Labute approximate surface area is 156 Å². The summed E-state index contributed by atoms with van der Waals surface area (Å²) in [5, 5.41) is 4.41. The molecule has 0 saturated heterocycles. The minimum absolute atomic E-state index is 0. The Morgan fingerprint density at radius 2 is 1.84 bits per heavy atom. The van der Waals surface area contributed by atoms with Gasteiger partial charge < -0.3 is 10.6 Å². The van der Waals surface area contributed by atoms with Gasteiger partial charge >= 0.3 is 0 Å². The van der Waals surface area contributed by atoms with Crippen molar-refractivity contribution in [3.63, 3.8) is 0 Å². The molecule has 0 saturated carbocycles. The average molecular weight is 365 g/mol. The topological polar surface area (TPSA) is 64.2 Å². The first-order valence-corrected chi connectivity index (χ1v) is 8.43. The van der Waals surface area contributed by atoms with E-state index in [1.807, 2.05) is 34.7 Å². The van der Waals surface area contributed by atoms with E-state index in [0.29, 0.717) is 25.2 Å². The first-order valence-electron chi connectivity index (χ1n) is 8.43. The molecule has 25 heavy (non-hydrogen) atoms. The van der Waals surface area contributed by atoms with Gasteiger partial charge in [-0.3, -0.25) is 9.48 Å². The van der Waals surface area contributed by atoms with E-state index >= 15 is 0 Å². The normalized spacial score (nSPS) is 11.1. The summed E-state index contributed by atoms with van der Waals surface area (Å²) in [6, 6.07) is 10.2. The van der Waals surface area contributed by atoms with Gasteiger partial charge in [0.1, 0.15) is 0 Å². The largest absolute Gasteiger partial charge is 0.337 e. The second-order valence-corrected chi connectivity index (χ2v) is 7.04.